The molecular formula is C8H5BrFN5O. The molecule has 0 aliphatic carbocycles. The highest BCUT2D eigenvalue weighted by Crippen LogP contribution is 2.15. The first-order valence-corrected chi connectivity index (χ1v) is 4.95. The molecule has 8 heteroatoms. The summed E-state index contributed by atoms with van der Waals surface area (Å²) in [5.74, 6) is -0.986. The summed E-state index contributed by atoms with van der Waals surface area (Å²) in [7, 11) is 0. The molecule has 0 atom stereocenters. The van der Waals surface area contributed by atoms with Crippen LogP contribution < -0.4 is 5.32 Å². The van der Waals surface area contributed by atoms with E-state index in [1.165, 1.54) is 12.1 Å². The molecular weight excluding hydrogens is 281 g/mol. The molecule has 0 radical (unpaired) electrons. The summed E-state index contributed by atoms with van der Waals surface area (Å²) < 4.78 is 13.5. The maximum absolute atomic E-state index is 13.0. The lowest BCUT2D eigenvalue weighted by molar-refractivity contribution is 0.102. The van der Waals surface area contributed by atoms with Gasteiger partial charge in [-0.05, 0) is 23.4 Å². The Bertz CT molecular complexity index is 495. The van der Waals surface area contributed by atoms with Crippen LogP contribution in [0.5, 0.6) is 0 Å². The maximum atomic E-state index is 13.0. The van der Waals surface area contributed by atoms with Crippen LogP contribution in [0.2, 0.25) is 0 Å². The molecule has 2 aromatic rings. The third-order valence-corrected chi connectivity index (χ3v) is 2.15. The van der Waals surface area contributed by atoms with E-state index in [0.717, 1.165) is 6.07 Å². The summed E-state index contributed by atoms with van der Waals surface area (Å²) in [6, 6.07) is 3.85. The molecule has 0 aliphatic rings. The number of carbonyl (C=O) groups excluding carboxylic acids is 1. The lowest BCUT2D eigenvalue weighted by Crippen LogP contribution is -2.13. The number of tetrazole rings is 1. The van der Waals surface area contributed by atoms with Crippen LogP contribution in [0.3, 0.4) is 0 Å². The Kier molecular flexibility index (Phi) is 2.91. The predicted molar refractivity (Wildman–Crippen MR) is 56.2 cm³/mol. The first-order chi connectivity index (χ1) is 7.65. The second-order valence-corrected chi connectivity index (χ2v) is 3.76. The maximum Gasteiger partial charge on any atom is 0.270 e. The van der Waals surface area contributed by atoms with Crippen molar-refractivity contribution in [1.82, 2.24) is 20.6 Å². The van der Waals surface area contributed by atoms with Crippen molar-refractivity contribution in [2.24, 2.45) is 0 Å². The summed E-state index contributed by atoms with van der Waals surface area (Å²) >= 11 is 3.09. The van der Waals surface area contributed by atoms with Gasteiger partial charge in [0.2, 0.25) is 0 Å². The minimum absolute atomic E-state index is 0.0328. The van der Waals surface area contributed by atoms with Crippen molar-refractivity contribution >= 4 is 27.8 Å². The third kappa shape index (κ3) is 2.40. The van der Waals surface area contributed by atoms with E-state index in [-0.39, 0.29) is 11.5 Å². The minimum Gasteiger partial charge on any atom is -0.288 e. The van der Waals surface area contributed by atoms with Gasteiger partial charge in [-0.1, -0.05) is 21.0 Å². The average Bonchev–Trinajstić information content (AvgIpc) is 2.68. The Labute approximate surface area is 97.4 Å². The highest BCUT2D eigenvalue weighted by atomic mass is 79.9. The fourth-order valence-electron chi connectivity index (χ4n) is 1.07. The van der Waals surface area contributed by atoms with Gasteiger partial charge in [0.05, 0.1) is 0 Å². The number of hydrogen-bond donors (Lipinski definition) is 2. The van der Waals surface area contributed by atoms with Crippen molar-refractivity contribution in [2.45, 2.75) is 0 Å². The second kappa shape index (κ2) is 4.35. The van der Waals surface area contributed by atoms with Crippen LogP contribution in [0.1, 0.15) is 10.4 Å². The zero-order valence-corrected chi connectivity index (χ0v) is 9.32. The largest absolute Gasteiger partial charge is 0.288 e. The molecule has 0 spiro atoms. The number of carbonyl (C=O) groups is 1. The van der Waals surface area contributed by atoms with Gasteiger partial charge in [0, 0.05) is 10.0 Å². The third-order valence-electron chi connectivity index (χ3n) is 1.70. The zero-order chi connectivity index (χ0) is 11.5. The van der Waals surface area contributed by atoms with Gasteiger partial charge in [-0.25, -0.2) is 4.39 Å². The van der Waals surface area contributed by atoms with Crippen molar-refractivity contribution in [3.63, 3.8) is 0 Å². The number of H-pyrrole nitrogens is 1. The number of anilines is 1. The van der Waals surface area contributed by atoms with Gasteiger partial charge in [0.15, 0.2) is 0 Å². The number of halogens is 2. The van der Waals surface area contributed by atoms with E-state index in [0.29, 0.717) is 4.47 Å². The predicted octanol–water partition coefficient (Wildman–Crippen LogP) is 1.35. The molecule has 1 aromatic carbocycles. The molecule has 1 heterocycles. The zero-order valence-electron chi connectivity index (χ0n) is 7.74. The van der Waals surface area contributed by atoms with Crippen molar-refractivity contribution in [3.8, 4) is 0 Å². The number of nitrogens with one attached hydrogen (secondary N) is 2. The molecule has 6 nitrogen and oxygen atoms in total. The van der Waals surface area contributed by atoms with Crippen LogP contribution in [-0.4, -0.2) is 26.5 Å². The highest BCUT2D eigenvalue weighted by molar-refractivity contribution is 9.10. The highest BCUT2D eigenvalue weighted by Gasteiger charge is 2.10. The summed E-state index contributed by atoms with van der Waals surface area (Å²) in [6.07, 6.45) is 0. The number of hydrogen-bond acceptors (Lipinski definition) is 4. The van der Waals surface area contributed by atoms with Crippen molar-refractivity contribution in [2.75, 3.05) is 5.32 Å². The molecule has 16 heavy (non-hydrogen) atoms. The molecule has 0 saturated heterocycles. The Morgan fingerprint density at radius 3 is 2.88 bits per heavy atom. The number of nitrogens with zero attached hydrogens (tertiary/aromatic N) is 3. The van der Waals surface area contributed by atoms with E-state index >= 15 is 0 Å². The summed E-state index contributed by atoms with van der Waals surface area (Å²) in [4.78, 5) is 11.6. The van der Waals surface area contributed by atoms with E-state index in [9.17, 15) is 9.18 Å². The van der Waals surface area contributed by atoms with E-state index in [1.54, 1.807) is 0 Å². The van der Waals surface area contributed by atoms with Gasteiger partial charge in [0.1, 0.15) is 5.82 Å². The van der Waals surface area contributed by atoms with Gasteiger partial charge in [-0.15, -0.1) is 5.10 Å². The first kappa shape index (κ1) is 10.7. The molecule has 2 rings (SSSR count). The number of aromatic amines is 1. The van der Waals surface area contributed by atoms with Crippen LogP contribution in [0.15, 0.2) is 22.7 Å². The van der Waals surface area contributed by atoms with Gasteiger partial charge < -0.3 is 0 Å². The Balaban J connectivity index is 2.21. The molecule has 82 valence electrons. The Morgan fingerprint density at radius 2 is 2.25 bits per heavy atom. The lowest BCUT2D eigenvalue weighted by atomic mass is 10.2. The van der Waals surface area contributed by atoms with Crippen molar-refractivity contribution in [1.29, 1.82) is 0 Å². The minimum atomic E-state index is -0.512. The molecule has 0 fully saturated rings. The lowest BCUT2D eigenvalue weighted by Gasteiger charge is -2.01. The van der Waals surface area contributed by atoms with Gasteiger partial charge in [0.25, 0.3) is 11.9 Å². The van der Waals surface area contributed by atoms with Crippen LogP contribution in [0.4, 0.5) is 10.3 Å². The molecule has 0 aliphatic heterocycles. The first-order valence-electron chi connectivity index (χ1n) is 4.16. The van der Waals surface area contributed by atoms with Crippen molar-refractivity contribution in [3.05, 3.63) is 34.1 Å². The van der Waals surface area contributed by atoms with Gasteiger partial charge >= 0.3 is 0 Å². The molecule has 0 bridgehead atoms. The van der Waals surface area contributed by atoms with E-state index < -0.39 is 11.7 Å². The Hall–Kier alpha value is -1.83. The topological polar surface area (TPSA) is 83.6 Å². The SMILES string of the molecule is O=C(Nc1nn[nH]n1)c1cc(F)cc(Br)c1. The van der Waals surface area contributed by atoms with E-state index in [4.69, 9.17) is 0 Å². The quantitative estimate of drug-likeness (QED) is 0.873. The fraction of sp³-hybridized carbons (Fsp3) is 0. The molecule has 0 saturated carbocycles. The smallest absolute Gasteiger partial charge is 0.270 e. The monoisotopic (exact) mass is 285 g/mol. The molecule has 0 unspecified atom stereocenters. The summed E-state index contributed by atoms with van der Waals surface area (Å²) in [6.45, 7) is 0. The van der Waals surface area contributed by atoms with E-state index in [1.807, 2.05) is 0 Å². The fourth-order valence-corrected chi connectivity index (χ4v) is 1.54. The molecule has 1 amide bonds. The number of aromatic nitrogens is 4. The second-order valence-electron chi connectivity index (χ2n) is 2.85. The van der Waals surface area contributed by atoms with Crippen LogP contribution >= 0.6 is 15.9 Å². The molecule has 1 aromatic heterocycles. The van der Waals surface area contributed by atoms with Crippen LogP contribution in [0, 0.1) is 5.82 Å². The summed E-state index contributed by atoms with van der Waals surface area (Å²) in [5.41, 5.74) is 0.164. The number of benzene rings is 1. The van der Waals surface area contributed by atoms with Crippen molar-refractivity contribution < 1.29 is 9.18 Å². The summed E-state index contributed by atoms with van der Waals surface area (Å²) in [5, 5.41) is 14.9. The standard InChI is InChI=1S/C8H5BrFN5O/c9-5-1-4(2-6(10)3-5)7(16)11-8-12-14-15-13-8/h1-3H,(H2,11,12,13,14,15,16). The number of amides is 1. The normalized spacial score (nSPS) is 10.1. The molecule has 2 N–H and O–H groups in total. The number of rotatable bonds is 2. The van der Waals surface area contributed by atoms with E-state index in [2.05, 4.69) is 41.9 Å². The average molecular weight is 286 g/mol. The Morgan fingerprint density at radius 1 is 1.44 bits per heavy atom. The van der Waals surface area contributed by atoms with Gasteiger partial charge in [-0.2, -0.15) is 5.21 Å². The van der Waals surface area contributed by atoms with Crippen LogP contribution in [0.25, 0.3) is 0 Å². The van der Waals surface area contributed by atoms with Gasteiger partial charge in [-0.3, -0.25) is 10.1 Å². The van der Waals surface area contributed by atoms with Crippen LogP contribution in [-0.2, 0) is 0 Å².